The van der Waals surface area contributed by atoms with Crippen molar-refractivity contribution in [3.63, 3.8) is 0 Å². The van der Waals surface area contributed by atoms with E-state index in [4.69, 9.17) is 5.73 Å². The second kappa shape index (κ2) is 6.99. The molecule has 0 saturated heterocycles. The Hall–Kier alpha value is -2.20. The summed E-state index contributed by atoms with van der Waals surface area (Å²) >= 11 is 0. The Morgan fingerprint density at radius 2 is 1.81 bits per heavy atom. The van der Waals surface area contributed by atoms with E-state index in [-0.39, 0.29) is 11.8 Å². The molecule has 2 aromatic rings. The average Bonchev–Trinajstić information content (AvgIpc) is 2.53. The second-order valence-corrected chi connectivity index (χ2v) is 5.25. The standard InChI is InChI=1S/C17H21N3O/c1-13(17(21)15-3-5-16(18)6-4-15)20(2)12-9-14-7-10-19-11-8-14/h3-8,10-11,13H,9,12,18H2,1-2H3. The Kier molecular flexibility index (Phi) is 5.06. The van der Waals surface area contributed by atoms with Gasteiger partial charge in [-0.3, -0.25) is 14.7 Å². The predicted octanol–water partition coefficient (Wildman–Crippen LogP) is 2.41. The number of hydrogen-bond acceptors (Lipinski definition) is 4. The van der Waals surface area contributed by atoms with E-state index in [0.717, 1.165) is 13.0 Å². The zero-order valence-corrected chi connectivity index (χ0v) is 12.5. The number of likely N-dealkylation sites (N-methyl/N-ethyl adjacent to an activating group) is 1. The van der Waals surface area contributed by atoms with Crippen LogP contribution in [-0.4, -0.2) is 35.3 Å². The number of rotatable bonds is 6. The van der Waals surface area contributed by atoms with Gasteiger partial charge < -0.3 is 5.73 Å². The van der Waals surface area contributed by atoms with Crippen LogP contribution in [0.4, 0.5) is 5.69 Å². The number of aromatic nitrogens is 1. The van der Waals surface area contributed by atoms with Crippen LogP contribution in [0.25, 0.3) is 0 Å². The predicted molar refractivity (Wildman–Crippen MR) is 85.2 cm³/mol. The van der Waals surface area contributed by atoms with Crippen LogP contribution >= 0.6 is 0 Å². The maximum Gasteiger partial charge on any atom is 0.179 e. The van der Waals surface area contributed by atoms with Crippen molar-refractivity contribution in [1.29, 1.82) is 0 Å². The fraction of sp³-hybridized carbons (Fsp3) is 0.294. The third-order valence-corrected chi connectivity index (χ3v) is 3.74. The minimum atomic E-state index is -0.157. The molecular weight excluding hydrogens is 262 g/mol. The molecule has 110 valence electrons. The molecule has 4 nitrogen and oxygen atoms in total. The zero-order chi connectivity index (χ0) is 15.2. The lowest BCUT2D eigenvalue weighted by atomic mass is 10.0. The highest BCUT2D eigenvalue weighted by Crippen LogP contribution is 2.11. The number of benzene rings is 1. The number of nitrogen functional groups attached to an aromatic ring is 1. The summed E-state index contributed by atoms with van der Waals surface area (Å²) in [6.07, 6.45) is 4.48. The first-order chi connectivity index (χ1) is 10.1. The molecular formula is C17H21N3O. The van der Waals surface area contributed by atoms with Crippen LogP contribution in [0.2, 0.25) is 0 Å². The van der Waals surface area contributed by atoms with Gasteiger partial charge in [0.1, 0.15) is 0 Å². The maximum absolute atomic E-state index is 12.4. The van der Waals surface area contributed by atoms with Crippen molar-refractivity contribution in [2.24, 2.45) is 0 Å². The van der Waals surface area contributed by atoms with Crippen molar-refractivity contribution in [2.45, 2.75) is 19.4 Å². The lowest BCUT2D eigenvalue weighted by Gasteiger charge is -2.23. The van der Waals surface area contributed by atoms with Crippen LogP contribution in [0.1, 0.15) is 22.8 Å². The fourth-order valence-electron chi connectivity index (χ4n) is 2.14. The van der Waals surface area contributed by atoms with Gasteiger partial charge >= 0.3 is 0 Å². The number of ketones is 1. The SMILES string of the molecule is CC(C(=O)c1ccc(N)cc1)N(C)CCc1ccncc1. The van der Waals surface area contributed by atoms with Crippen LogP contribution < -0.4 is 5.73 Å². The highest BCUT2D eigenvalue weighted by Gasteiger charge is 2.19. The summed E-state index contributed by atoms with van der Waals surface area (Å²) in [4.78, 5) is 18.5. The summed E-state index contributed by atoms with van der Waals surface area (Å²) in [5.41, 5.74) is 8.25. The van der Waals surface area contributed by atoms with Gasteiger partial charge in [0.15, 0.2) is 5.78 Å². The van der Waals surface area contributed by atoms with Gasteiger partial charge in [-0.2, -0.15) is 0 Å². The Labute approximate surface area is 125 Å². The fourth-order valence-corrected chi connectivity index (χ4v) is 2.14. The monoisotopic (exact) mass is 283 g/mol. The van der Waals surface area contributed by atoms with Gasteiger partial charge in [0, 0.05) is 30.2 Å². The third kappa shape index (κ3) is 4.13. The molecule has 1 aromatic carbocycles. The molecule has 4 heteroatoms. The molecule has 1 atom stereocenters. The summed E-state index contributed by atoms with van der Waals surface area (Å²) in [5.74, 6) is 0.118. The van der Waals surface area contributed by atoms with Crippen molar-refractivity contribution < 1.29 is 4.79 Å². The number of nitrogens with zero attached hydrogens (tertiary/aromatic N) is 2. The van der Waals surface area contributed by atoms with Gasteiger partial charge in [-0.25, -0.2) is 0 Å². The second-order valence-electron chi connectivity index (χ2n) is 5.25. The molecule has 1 aromatic heterocycles. The lowest BCUT2D eigenvalue weighted by molar-refractivity contribution is 0.0870. The van der Waals surface area contributed by atoms with Crippen molar-refractivity contribution in [3.8, 4) is 0 Å². The highest BCUT2D eigenvalue weighted by atomic mass is 16.1. The van der Waals surface area contributed by atoms with Crippen molar-refractivity contribution >= 4 is 11.5 Å². The normalized spacial score (nSPS) is 12.3. The van der Waals surface area contributed by atoms with Crippen LogP contribution in [0.3, 0.4) is 0 Å². The minimum Gasteiger partial charge on any atom is -0.399 e. The van der Waals surface area contributed by atoms with Gasteiger partial charge in [-0.1, -0.05) is 0 Å². The number of pyridine rings is 1. The minimum absolute atomic E-state index is 0.118. The van der Waals surface area contributed by atoms with Crippen LogP contribution in [-0.2, 0) is 6.42 Å². The first kappa shape index (κ1) is 15.2. The molecule has 0 aliphatic rings. The zero-order valence-electron chi connectivity index (χ0n) is 12.5. The molecule has 1 heterocycles. The summed E-state index contributed by atoms with van der Waals surface area (Å²) in [7, 11) is 1.97. The maximum atomic E-state index is 12.4. The topological polar surface area (TPSA) is 59.2 Å². The molecule has 21 heavy (non-hydrogen) atoms. The van der Waals surface area contributed by atoms with Crippen LogP contribution in [0.5, 0.6) is 0 Å². The molecule has 2 rings (SSSR count). The quantitative estimate of drug-likeness (QED) is 0.653. The summed E-state index contributed by atoms with van der Waals surface area (Å²) in [6.45, 7) is 2.76. The Bertz CT molecular complexity index is 581. The largest absolute Gasteiger partial charge is 0.399 e. The van der Waals surface area contributed by atoms with E-state index in [9.17, 15) is 4.79 Å². The number of Topliss-reactive ketones (excluding diaryl/α,β-unsaturated/α-hetero) is 1. The highest BCUT2D eigenvalue weighted by molar-refractivity contribution is 6.00. The van der Waals surface area contributed by atoms with E-state index in [1.807, 2.05) is 26.1 Å². The van der Waals surface area contributed by atoms with Gasteiger partial charge in [0.05, 0.1) is 6.04 Å². The molecule has 1 unspecified atom stereocenters. The molecule has 0 fully saturated rings. The van der Waals surface area contributed by atoms with Crippen molar-refractivity contribution in [1.82, 2.24) is 9.88 Å². The summed E-state index contributed by atoms with van der Waals surface area (Å²) < 4.78 is 0. The molecule has 0 amide bonds. The van der Waals surface area contributed by atoms with Crippen molar-refractivity contribution in [3.05, 3.63) is 59.9 Å². The first-order valence-corrected chi connectivity index (χ1v) is 7.07. The first-order valence-electron chi connectivity index (χ1n) is 7.07. The molecule has 0 aliphatic heterocycles. The van der Waals surface area contributed by atoms with E-state index in [0.29, 0.717) is 11.3 Å². The van der Waals surface area contributed by atoms with Gasteiger partial charge in [0.25, 0.3) is 0 Å². The Morgan fingerprint density at radius 1 is 1.19 bits per heavy atom. The van der Waals surface area contributed by atoms with E-state index >= 15 is 0 Å². The van der Waals surface area contributed by atoms with Crippen LogP contribution in [0.15, 0.2) is 48.8 Å². The summed E-state index contributed by atoms with van der Waals surface area (Å²) in [5, 5.41) is 0. The number of anilines is 1. The number of carbonyl (C=O) groups is 1. The number of hydrogen-bond donors (Lipinski definition) is 1. The average molecular weight is 283 g/mol. The smallest absolute Gasteiger partial charge is 0.179 e. The van der Waals surface area contributed by atoms with E-state index in [1.54, 1.807) is 36.7 Å². The Morgan fingerprint density at radius 3 is 2.43 bits per heavy atom. The number of carbonyl (C=O) groups excluding carboxylic acids is 1. The van der Waals surface area contributed by atoms with Gasteiger partial charge in [0.2, 0.25) is 0 Å². The van der Waals surface area contributed by atoms with Gasteiger partial charge in [-0.15, -0.1) is 0 Å². The molecule has 0 radical (unpaired) electrons. The molecule has 0 bridgehead atoms. The molecule has 0 aliphatic carbocycles. The number of nitrogens with two attached hydrogens (primary N) is 1. The van der Waals surface area contributed by atoms with Gasteiger partial charge in [-0.05, 0) is 62.4 Å². The lowest BCUT2D eigenvalue weighted by Crippen LogP contribution is -2.37. The molecule has 2 N–H and O–H groups in total. The molecule has 0 saturated carbocycles. The van der Waals surface area contributed by atoms with Crippen LogP contribution in [0, 0.1) is 0 Å². The van der Waals surface area contributed by atoms with E-state index in [1.165, 1.54) is 5.56 Å². The van der Waals surface area contributed by atoms with E-state index < -0.39 is 0 Å². The Balaban J connectivity index is 1.93. The molecule has 0 spiro atoms. The summed E-state index contributed by atoms with van der Waals surface area (Å²) in [6, 6.07) is 10.9. The van der Waals surface area contributed by atoms with Crippen molar-refractivity contribution in [2.75, 3.05) is 19.3 Å². The third-order valence-electron chi connectivity index (χ3n) is 3.74. The van der Waals surface area contributed by atoms with E-state index in [2.05, 4.69) is 9.88 Å².